The van der Waals surface area contributed by atoms with Gasteiger partial charge >= 0.3 is 0 Å². The van der Waals surface area contributed by atoms with Gasteiger partial charge in [-0.15, -0.1) is 0 Å². The van der Waals surface area contributed by atoms with Crippen molar-refractivity contribution in [3.63, 3.8) is 0 Å². The SMILES string of the molecule is O=C(Cc1ccccc1)NCCC1OCCO1. The van der Waals surface area contributed by atoms with Crippen molar-refractivity contribution >= 4 is 5.91 Å². The number of benzene rings is 1. The summed E-state index contributed by atoms with van der Waals surface area (Å²) < 4.78 is 10.6. The zero-order chi connectivity index (χ0) is 11.9. The van der Waals surface area contributed by atoms with E-state index in [1.54, 1.807) is 0 Å². The van der Waals surface area contributed by atoms with E-state index in [0.717, 1.165) is 5.56 Å². The van der Waals surface area contributed by atoms with Gasteiger partial charge in [0.15, 0.2) is 6.29 Å². The van der Waals surface area contributed by atoms with Gasteiger partial charge in [-0.2, -0.15) is 0 Å². The van der Waals surface area contributed by atoms with Crippen molar-refractivity contribution in [2.75, 3.05) is 19.8 Å². The molecule has 1 aliphatic heterocycles. The van der Waals surface area contributed by atoms with Gasteiger partial charge in [0.2, 0.25) is 5.91 Å². The molecule has 1 aromatic rings. The lowest BCUT2D eigenvalue weighted by molar-refractivity contribution is -0.120. The van der Waals surface area contributed by atoms with Crippen LogP contribution >= 0.6 is 0 Å². The van der Waals surface area contributed by atoms with Crippen LogP contribution in [0.3, 0.4) is 0 Å². The molecule has 0 spiro atoms. The van der Waals surface area contributed by atoms with Crippen LogP contribution in [0.4, 0.5) is 0 Å². The van der Waals surface area contributed by atoms with Crippen LogP contribution in [-0.2, 0) is 20.7 Å². The van der Waals surface area contributed by atoms with E-state index >= 15 is 0 Å². The lowest BCUT2D eigenvalue weighted by Crippen LogP contribution is -2.28. The van der Waals surface area contributed by atoms with Crippen molar-refractivity contribution < 1.29 is 14.3 Å². The predicted molar refractivity (Wildman–Crippen MR) is 63.5 cm³/mol. The summed E-state index contributed by atoms with van der Waals surface area (Å²) >= 11 is 0. The van der Waals surface area contributed by atoms with Crippen LogP contribution < -0.4 is 5.32 Å². The van der Waals surface area contributed by atoms with Crippen molar-refractivity contribution in [2.45, 2.75) is 19.1 Å². The Kier molecular flexibility index (Phi) is 4.53. The average molecular weight is 235 g/mol. The molecule has 0 unspecified atom stereocenters. The molecule has 0 atom stereocenters. The molecule has 4 heteroatoms. The Morgan fingerprint density at radius 3 is 2.65 bits per heavy atom. The first-order valence-corrected chi connectivity index (χ1v) is 5.88. The molecule has 1 N–H and O–H groups in total. The van der Waals surface area contributed by atoms with Crippen molar-refractivity contribution in [1.29, 1.82) is 0 Å². The van der Waals surface area contributed by atoms with Gasteiger partial charge in [-0.25, -0.2) is 0 Å². The van der Waals surface area contributed by atoms with E-state index in [9.17, 15) is 4.79 Å². The monoisotopic (exact) mass is 235 g/mol. The number of carbonyl (C=O) groups excluding carboxylic acids is 1. The summed E-state index contributed by atoms with van der Waals surface area (Å²) in [7, 11) is 0. The fraction of sp³-hybridized carbons (Fsp3) is 0.462. The maximum absolute atomic E-state index is 11.6. The quantitative estimate of drug-likeness (QED) is 0.831. The third kappa shape index (κ3) is 4.17. The first kappa shape index (κ1) is 12.1. The summed E-state index contributed by atoms with van der Waals surface area (Å²) in [6.07, 6.45) is 0.986. The molecule has 0 radical (unpaired) electrons. The number of amides is 1. The smallest absolute Gasteiger partial charge is 0.224 e. The van der Waals surface area contributed by atoms with Gasteiger partial charge in [0.25, 0.3) is 0 Å². The number of rotatable bonds is 5. The molecule has 0 aromatic heterocycles. The first-order chi connectivity index (χ1) is 8.34. The van der Waals surface area contributed by atoms with E-state index in [1.165, 1.54) is 0 Å². The molecule has 1 heterocycles. The average Bonchev–Trinajstić information content (AvgIpc) is 2.83. The van der Waals surface area contributed by atoms with Crippen molar-refractivity contribution in [1.82, 2.24) is 5.32 Å². The minimum absolute atomic E-state index is 0.0363. The standard InChI is InChI=1S/C13H17NO3/c15-12(10-11-4-2-1-3-5-11)14-7-6-13-16-8-9-17-13/h1-5,13H,6-10H2,(H,14,15). The maximum Gasteiger partial charge on any atom is 0.224 e. The molecular weight excluding hydrogens is 218 g/mol. The van der Waals surface area contributed by atoms with Gasteiger partial charge in [0, 0.05) is 13.0 Å². The predicted octanol–water partition coefficient (Wildman–Crippen LogP) is 1.11. The Hall–Kier alpha value is -1.39. The maximum atomic E-state index is 11.6. The summed E-state index contributed by atoms with van der Waals surface area (Å²) in [4.78, 5) is 11.6. The Morgan fingerprint density at radius 2 is 1.94 bits per heavy atom. The van der Waals surface area contributed by atoms with E-state index in [-0.39, 0.29) is 12.2 Å². The Balaban J connectivity index is 1.64. The fourth-order valence-electron chi connectivity index (χ4n) is 1.75. The molecule has 1 aromatic carbocycles. The van der Waals surface area contributed by atoms with E-state index in [2.05, 4.69) is 5.32 Å². The number of hydrogen-bond acceptors (Lipinski definition) is 3. The van der Waals surface area contributed by atoms with Crippen LogP contribution in [0.2, 0.25) is 0 Å². The number of hydrogen-bond donors (Lipinski definition) is 1. The highest BCUT2D eigenvalue weighted by molar-refractivity contribution is 5.78. The second kappa shape index (κ2) is 6.37. The normalized spacial score (nSPS) is 16.0. The van der Waals surface area contributed by atoms with Crippen LogP contribution in [0.15, 0.2) is 30.3 Å². The fourth-order valence-corrected chi connectivity index (χ4v) is 1.75. The van der Waals surface area contributed by atoms with Gasteiger partial charge in [0.05, 0.1) is 19.6 Å². The van der Waals surface area contributed by atoms with Crippen LogP contribution in [0, 0.1) is 0 Å². The van der Waals surface area contributed by atoms with Crippen molar-refractivity contribution in [2.24, 2.45) is 0 Å². The molecule has 4 nitrogen and oxygen atoms in total. The van der Waals surface area contributed by atoms with Crippen LogP contribution in [0.5, 0.6) is 0 Å². The zero-order valence-corrected chi connectivity index (χ0v) is 9.72. The molecule has 92 valence electrons. The molecule has 17 heavy (non-hydrogen) atoms. The first-order valence-electron chi connectivity index (χ1n) is 5.88. The minimum atomic E-state index is -0.146. The summed E-state index contributed by atoms with van der Waals surface area (Å²) in [5.41, 5.74) is 1.03. The molecule has 0 saturated carbocycles. The highest BCUT2D eigenvalue weighted by atomic mass is 16.7. The van der Waals surface area contributed by atoms with E-state index in [4.69, 9.17) is 9.47 Å². The number of ether oxygens (including phenoxy) is 2. The van der Waals surface area contributed by atoms with Gasteiger partial charge in [-0.3, -0.25) is 4.79 Å². The summed E-state index contributed by atoms with van der Waals surface area (Å²) in [5, 5.41) is 2.86. The molecule has 2 rings (SSSR count). The van der Waals surface area contributed by atoms with Crippen molar-refractivity contribution in [3.05, 3.63) is 35.9 Å². The Morgan fingerprint density at radius 1 is 1.24 bits per heavy atom. The van der Waals surface area contributed by atoms with Crippen LogP contribution in [0.1, 0.15) is 12.0 Å². The molecular formula is C13H17NO3. The van der Waals surface area contributed by atoms with Crippen LogP contribution in [0.25, 0.3) is 0 Å². The third-order valence-corrected chi connectivity index (χ3v) is 2.60. The summed E-state index contributed by atoms with van der Waals surface area (Å²) in [6, 6.07) is 9.70. The highest BCUT2D eigenvalue weighted by Crippen LogP contribution is 2.06. The Labute approximate surface area is 101 Å². The van der Waals surface area contributed by atoms with E-state index in [0.29, 0.717) is 32.6 Å². The Bertz CT molecular complexity index is 347. The molecule has 0 aliphatic carbocycles. The minimum Gasteiger partial charge on any atom is -0.356 e. The van der Waals surface area contributed by atoms with Gasteiger partial charge in [0.1, 0.15) is 0 Å². The summed E-state index contributed by atoms with van der Waals surface area (Å²) in [6.45, 7) is 1.90. The third-order valence-electron chi connectivity index (χ3n) is 2.60. The molecule has 1 amide bonds. The topological polar surface area (TPSA) is 47.6 Å². The summed E-state index contributed by atoms with van der Waals surface area (Å²) in [5.74, 6) is 0.0363. The molecule has 0 bridgehead atoms. The second-order valence-electron chi connectivity index (χ2n) is 3.97. The zero-order valence-electron chi connectivity index (χ0n) is 9.72. The van der Waals surface area contributed by atoms with E-state index < -0.39 is 0 Å². The van der Waals surface area contributed by atoms with Gasteiger partial charge in [-0.1, -0.05) is 30.3 Å². The second-order valence-corrected chi connectivity index (χ2v) is 3.97. The lowest BCUT2D eigenvalue weighted by atomic mass is 10.1. The largest absolute Gasteiger partial charge is 0.356 e. The van der Waals surface area contributed by atoms with Gasteiger partial charge in [-0.05, 0) is 5.56 Å². The number of nitrogens with one attached hydrogen (secondary N) is 1. The molecule has 1 saturated heterocycles. The molecule has 1 fully saturated rings. The molecule has 1 aliphatic rings. The number of carbonyl (C=O) groups is 1. The van der Waals surface area contributed by atoms with Crippen molar-refractivity contribution in [3.8, 4) is 0 Å². The van der Waals surface area contributed by atoms with E-state index in [1.807, 2.05) is 30.3 Å². The van der Waals surface area contributed by atoms with Gasteiger partial charge < -0.3 is 14.8 Å². The van der Waals surface area contributed by atoms with Crippen LogP contribution in [-0.4, -0.2) is 32.0 Å². The highest BCUT2D eigenvalue weighted by Gasteiger charge is 2.15. The lowest BCUT2D eigenvalue weighted by Gasteiger charge is -2.09.